The molecular weight excluding hydrogens is 396 g/mol. The Hall–Kier alpha value is -3.19. The smallest absolute Gasteiger partial charge is 0.338 e. The zero-order chi connectivity index (χ0) is 21.3. The average Bonchev–Trinajstić information content (AvgIpc) is 2.95. The van der Waals surface area contributed by atoms with Gasteiger partial charge in [0.15, 0.2) is 6.61 Å². The zero-order valence-electron chi connectivity index (χ0n) is 16.1. The lowest BCUT2D eigenvalue weighted by atomic mass is 10.1. The van der Waals surface area contributed by atoms with E-state index in [2.05, 4.69) is 0 Å². The minimum absolute atomic E-state index is 0.0244. The number of esters is 1. The number of amides is 3. The highest BCUT2D eigenvalue weighted by Gasteiger charge is 2.37. The fraction of sp³-hybridized carbons (Fsp3) is 0.238. The number of ether oxygens (including phenoxy) is 1. The number of carbonyl (C=O) groups is 4. The van der Waals surface area contributed by atoms with E-state index in [1.54, 1.807) is 31.3 Å². The second-order valence-electron chi connectivity index (χ2n) is 6.86. The highest BCUT2D eigenvalue weighted by molar-refractivity contribution is 6.35. The number of benzene rings is 2. The van der Waals surface area contributed by atoms with Crippen LogP contribution in [0.15, 0.2) is 42.5 Å². The van der Waals surface area contributed by atoms with Crippen LogP contribution in [0.25, 0.3) is 0 Å². The van der Waals surface area contributed by atoms with Gasteiger partial charge in [-0.2, -0.15) is 0 Å². The highest BCUT2D eigenvalue weighted by Crippen LogP contribution is 2.30. The first-order valence-electron chi connectivity index (χ1n) is 8.92. The van der Waals surface area contributed by atoms with Gasteiger partial charge < -0.3 is 9.64 Å². The van der Waals surface area contributed by atoms with Crippen LogP contribution in [0.5, 0.6) is 0 Å². The molecule has 0 aromatic heterocycles. The van der Waals surface area contributed by atoms with Crippen molar-refractivity contribution in [2.75, 3.05) is 18.6 Å². The second-order valence-corrected chi connectivity index (χ2v) is 7.29. The molecule has 8 heteroatoms. The molecule has 0 radical (unpaired) electrons. The predicted octanol–water partition coefficient (Wildman–Crippen LogP) is 3.16. The van der Waals surface area contributed by atoms with Gasteiger partial charge in [0.2, 0.25) is 0 Å². The van der Waals surface area contributed by atoms with Gasteiger partial charge in [-0.05, 0) is 56.3 Å². The van der Waals surface area contributed by atoms with Crippen molar-refractivity contribution < 1.29 is 23.9 Å². The molecule has 0 saturated carbocycles. The predicted molar refractivity (Wildman–Crippen MR) is 107 cm³/mol. The molecule has 7 nitrogen and oxygen atoms in total. The van der Waals surface area contributed by atoms with Gasteiger partial charge in [-0.15, -0.1) is 0 Å². The largest absolute Gasteiger partial charge is 0.452 e. The van der Waals surface area contributed by atoms with Gasteiger partial charge in [0, 0.05) is 18.1 Å². The molecule has 0 saturated heterocycles. The second kappa shape index (κ2) is 8.05. The quantitative estimate of drug-likeness (QED) is 0.554. The number of imide groups is 1. The van der Waals surface area contributed by atoms with Crippen LogP contribution in [-0.4, -0.2) is 48.3 Å². The van der Waals surface area contributed by atoms with Crippen LogP contribution in [0.2, 0.25) is 5.02 Å². The SMILES string of the molecule is CC(C)N(C)C(=O)COC(=O)c1ccc2c(c1)C(=O)N(c1ccc(Cl)cc1)C2=O. The number of carbonyl (C=O) groups excluding carboxylic acids is 4. The number of halogens is 1. The molecule has 0 spiro atoms. The minimum atomic E-state index is -0.747. The first-order chi connectivity index (χ1) is 13.7. The lowest BCUT2D eigenvalue weighted by molar-refractivity contribution is -0.134. The van der Waals surface area contributed by atoms with Crippen molar-refractivity contribution >= 4 is 41.0 Å². The Kier molecular flexibility index (Phi) is 5.70. The van der Waals surface area contributed by atoms with Gasteiger partial charge in [-0.1, -0.05) is 11.6 Å². The molecule has 0 unspecified atom stereocenters. The van der Waals surface area contributed by atoms with Crippen LogP contribution < -0.4 is 4.90 Å². The molecule has 29 heavy (non-hydrogen) atoms. The van der Waals surface area contributed by atoms with E-state index in [0.29, 0.717) is 10.7 Å². The molecule has 0 N–H and O–H groups in total. The molecule has 150 valence electrons. The van der Waals surface area contributed by atoms with E-state index in [0.717, 1.165) is 4.90 Å². The number of likely N-dealkylation sites (N-methyl/N-ethyl adjacent to an activating group) is 1. The number of anilines is 1. The normalized spacial score (nSPS) is 12.9. The third kappa shape index (κ3) is 4.00. The van der Waals surface area contributed by atoms with Crippen LogP contribution in [0.3, 0.4) is 0 Å². The Labute approximate surface area is 172 Å². The van der Waals surface area contributed by atoms with Gasteiger partial charge in [0.05, 0.1) is 22.4 Å². The van der Waals surface area contributed by atoms with Crippen molar-refractivity contribution in [3.63, 3.8) is 0 Å². The zero-order valence-corrected chi connectivity index (χ0v) is 16.9. The van der Waals surface area contributed by atoms with Crippen molar-refractivity contribution in [2.45, 2.75) is 19.9 Å². The van der Waals surface area contributed by atoms with Crippen LogP contribution >= 0.6 is 11.6 Å². The average molecular weight is 415 g/mol. The number of fused-ring (bicyclic) bond motifs is 1. The van der Waals surface area contributed by atoms with Crippen molar-refractivity contribution in [1.82, 2.24) is 4.90 Å². The maximum atomic E-state index is 12.8. The number of nitrogens with zero attached hydrogens (tertiary/aromatic N) is 2. The number of hydrogen-bond acceptors (Lipinski definition) is 5. The van der Waals surface area contributed by atoms with E-state index >= 15 is 0 Å². The summed E-state index contributed by atoms with van der Waals surface area (Å²) >= 11 is 5.86. The standard InChI is InChI=1S/C21H19ClN2O5/c1-12(2)23(3)18(25)11-29-21(28)13-4-9-16-17(10-13)20(27)24(19(16)26)15-7-5-14(22)6-8-15/h4-10,12H,11H2,1-3H3. The Morgan fingerprint density at radius 1 is 1.03 bits per heavy atom. The number of rotatable bonds is 5. The van der Waals surface area contributed by atoms with Gasteiger partial charge in [-0.3, -0.25) is 14.4 Å². The molecule has 2 aromatic rings. The van der Waals surface area contributed by atoms with Gasteiger partial charge in [-0.25, -0.2) is 9.69 Å². The Morgan fingerprint density at radius 3 is 2.28 bits per heavy atom. The Balaban J connectivity index is 1.78. The monoisotopic (exact) mass is 414 g/mol. The summed E-state index contributed by atoms with van der Waals surface area (Å²) in [4.78, 5) is 52.1. The summed E-state index contributed by atoms with van der Waals surface area (Å²) in [5.41, 5.74) is 0.761. The molecule has 1 heterocycles. The summed E-state index contributed by atoms with van der Waals surface area (Å²) in [6, 6.07) is 10.4. The van der Waals surface area contributed by atoms with Crippen molar-refractivity contribution in [1.29, 1.82) is 0 Å². The molecule has 0 aliphatic carbocycles. The summed E-state index contributed by atoms with van der Waals surface area (Å²) in [5, 5.41) is 0.480. The maximum Gasteiger partial charge on any atom is 0.338 e. The molecular formula is C21H19ClN2O5. The van der Waals surface area contributed by atoms with E-state index in [1.165, 1.54) is 23.1 Å². The first kappa shape index (κ1) is 20.5. The van der Waals surface area contributed by atoms with E-state index in [1.807, 2.05) is 13.8 Å². The molecule has 0 bridgehead atoms. The summed E-state index contributed by atoms with van der Waals surface area (Å²) in [6.45, 7) is 3.28. The lowest BCUT2D eigenvalue weighted by Gasteiger charge is -2.21. The minimum Gasteiger partial charge on any atom is -0.452 e. The van der Waals surface area contributed by atoms with Gasteiger partial charge in [0.25, 0.3) is 17.7 Å². The van der Waals surface area contributed by atoms with E-state index in [9.17, 15) is 19.2 Å². The van der Waals surface area contributed by atoms with Crippen molar-refractivity contribution in [3.8, 4) is 0 Å². The molecule has 3 rings (SSSR count). The maximum absolute atomic E-state index is 12.8. The Bertz CT molecular complexity index is 1000. The fourth-order valence-electron chi connectivity index (χ4n) is 2.79. The van der Waals surface area contributed by atoms with Gasteiger partial charge in [0.1, 0.15) is 0 Å². The molecule has 3 amide bonds. The van der Waals surface area contributed by atoms with Crippen LogP contribution in [0.4, 0.5) is 5.69 Å². The highest BCUT2D eigenvalue weighted by atomic mass is 35.5. The lowest BCUT2D eigenvalue weighted by Crippen LogP contribution is -2.36. The van der Waals surface area contributed by atoms with Gasteiger partial charge >= 0.3 is 5.97 Å². The van der Waals surface area contributed by atoms with Crippen LogP contribution in [0, 0.1) is 0 Å². The summed E-state index contributed by atoms with van der Waals surface area (Å²) < 4.78 is 5.05. The van der Waals surface area contributed by atoms with Crippen LogP contribution in [0.1, 0.15) is 44.9 Å². The summed E-state index contributed by atoms with van der Waals surface area (Å²) in [7, 11) is 1.62. The third-order valence-electron chi connectivity index (χ3n) is 4.70. The molecule has 1 aliphatic rings. The third-order valence-corrected chi connectivity index (χ3v) is 4.95. The molecule has 1 aliphatic heterocycles. The van der Waals surface area contributed by atoms with E-state index in [-0.39, 0.29) is 28.6 Å². The molecule has 0 fully saturated rings. The van der Waals surface area contributed by atoms with E-state index in [4.69, 9.17) is 16.3 Å². The van der Waals surface area contributed by atoms with Crippen molar-refractivity contribution in [2.24, 2.45) is 0 Å². The van der Waals surface area contributed by atoms with E-state index < -0.39 is 24.4 Å². The van der Waals surface area contributed by atoms with Crippen LogP contribution in [-0.2, 0) is 9.53 Å². The topological polar surface area (TPSA) is 84.0 Å². The summed E-state index contributed by atoms with van der Waals surface area (Å²) in [6.07, 6.45) is 0. The molecule has 0 atom stereocenters. The fourth-order valence-corrected chi connectivity index (χ4v) is 2.92. The first-order valence-corrected chi connectivity index (χ1v) is 9.29. The van der Waals surface area contributed by atoms with Crippen molar-refractivity contribution in [3.05, 3.63) is 64.2 Å². The summed E-state index contributed by atoms with van der Waals surface area (Å²) in [5.74, 6) is -2.11. The number of hydrogen-bond donors (Lipinski definition) is 0. The Morgan fingerprint density at radius 2 is 1.66 bits per heavy atom. The molecule has 2 aromatic carbocycles.